The maximum absolute atomic E-state index is 2.49. The predicted octanol–water partition coefficient (Wildman–Crippen LogP) is 10.9. The molecule has 5 saturated carbocycles. The molecule has 0 spiro atoms. The lowest BCUT2D eigenvalue weighted by Crippen LogP contribution is -2.27. The van der Waals surface area contributed by atoms with E-state index in [1.807, 2.05) is 0 Å². The Morgan fingerprint density at radius 2 is 1.20 bits per heavy atom. The Labute approximate surface area is 240 Å². The molecule has 0 saturated heterocycles. The molecule has 4 bridgehead atoms. The summed E-state index contributed by atoms with van der Waals surface area (Å²) in [4.78, 5) is 2.49. The van der Waals surface area contributed by atoms with Crippen LogP contribution in [-0.4, -0.2) is 0 Å². The first-order chi connectivity index (χ1) is 19.8. The third-order valence-corrected chi connectivity index (χ3v) is 11.1. The molecule has 1 nitrogen and oxygen atoms in total. The average molecular weight is 524 g/mol. The van der Waals surface area contributed by atoms with Crippen molar-refractivity contribution in [3.05, 3.63) is 114 Å². The van der Waals surface area contributed by atoms with Gasteiger partial charge in [0, 0.05) is 16.9 Å². The van der Waals surface area contributed by atoms with Crippen molar-refractivity contribution in [2.45, 2.75) is 75.5 Å². The van der Waals surface area contributed by atoms with Gasteiger partial charge < -0.3 is 4.90 Å². The molecule has 0 heterocycles. The predicted molar refractivity (Wildman–Crippen MR) is 168 cm³/mol. The lowest BCUT2D eigenvalue weighted by molar-refractivity contribution is 0.266. The number of rotatable bonds is 6. The summed E-state index contributed by atoms with van der Waals surface area (Å²) in [5.41, 5.74) is 9.86. The van der Waals surface area contributed by atoms with Crippen LogP contribution in [0.25, 0.3) is 11.1 Å². The maximum Gasteiger partial charge on any atom is 0.0540 e. The highest BCUT2D eigenvalue weighted by atomic mass is 15.1. The largest absolute Gasteiger partial charge is 0.310 e. The molecule has 2 atom stereocenters. The quantitative estimate of drug-likeness (QED) is 0.243. The van der Waals surface area contributed by atoms with Crippen LogP contribution in [0.1, 0.15) is 81.3 Å². The van der Waals surface area contributed by atoms with Crippen LogP contribution in [0.4, 0.5) is 17.1 Å². The molecule has 4 aromatic rings. The van der Waals surface area contributed by atoms with E-state index in [4.69, 9.17) is 0 Å². The standard InChI is InChI=1S/C39H41N/c1-3-9-30(10-4-1)31-15-19-35(20-16-31)40(38-14-8-7-13-37(38)32-11-5-2-6-12-32)36-21-17-33(18-22-36)39-26-28-23-29(27-39)25-34(39)24-28/h2,5-8,11-22,28-30,34H,1,3-4,9-10,23-27H2. The Bertz CT molecular complexity index is 1450. The molecule has 5 aliphatic carbocycles. The molecule has 202 valence electrons. The van der Waals surface area contributed by atoms with Crippen LogP contribution in [0.15, 0.2) is 103 Å². The zero-order valence-corrected chi connectivity index (χ0v) is 23.6. The molecule has 0 aliphatic heterocycles. The van der Waals surface area contributed by atoms with E-state index >= 15 is 0 Å². The van der Waals surface area contributed by atoms with Crippen LogP contribution < -0.4 is 4.90 Å². The van der Waals surface area contributed by atoms with Gasteiger partial charge in [-0.15, -0.1) is 0 Å². The van der Waals surface area contributed by atoms with E-state index in [1.165, 1.54) is 98.0 Å². The minimum absolute atomic E-state index is 0.459. The van der Waals surface area contributed by atoms with E-state index in [1.54, 1.807) is 5.56 Å². The van der Waals surface area contributed by atoms with Gasteiger partial charge in [-0.25, -0.2) is 0 Å². The van der Waals surface area contributed by atoms with Gasteiger partial charge in [0.25, 0.3) is 0 Å². The number of hydrogen-bond donors (Lipinski definition) is 0. The zero-order chi connectivity index (χ0) is 26.5. The highest BCUT2D eigenvalue weighted by Crippen LogP contribution is 2.66. The second-order valence-corrected chi connectivity index (χ2v) is 13.4. The third kappa shape index (κ3) is 4.12. The molecule has 5 fully saturated rings. The van der Waals surface area contributed by atoms with E-state index in [0.717, 1.165) is 23.7 Å². The highest BCUT2D eigenvalue weighted by Gasteiger charge is 2.58. The summed E-state index contributed by atoms with van der Waals surface area (Å²) >= 11 is 0. The molecule has 2 unspecified atom stereocenters. The van der Waals surface area contributed by atoms with E-state index in [2.05, 4.69) is 108 Å². The van der Waals surface area contributed by atoms with E-state index in [-0.39, 0.29) is 0 Å². The van der Waals surface area contributed by atoms with Gasteiger partial charge in [0.2, 0.25) is 0 Å². The van der Waals surface area contributed by atoms with Crippen LogP contribution in [0.5, 0.6) is 0 Å². The van der Waals surface area contributed by atoms with Crippen molar-refractivity contribution in [3.63, 3.8) is 0 Å². The van der Waals surface area contributed by atoms with Crippen molar-refractivity contribution < 1.29 is 0 Å². The van der Waals surface area contributed by atoms with Gasteiger partial charge in [-0.05, 0) is 121 Å². The minimum Gasteiger partial charge on any atom is -0.310 e. The number of nitrogens with zero attached hydrogens (tertiary/aromatic N) is 1. The fourth-order valence-electron chi connectivity index (χ4n) is 9.50. The van der Waals surface area contributed by atoms with Crippen molar-refractivity contribution >= 4 is 17.1 Å². The summed E-state index contributed by atoms with van der Waals surface area (Å²) in [7, 11) is 0. The van der Waals surface area contributed by atoms with Gasteiger partial charge in [0.05, 0.1) is 5.69 Å². The Balaban J connectivity index is 1.20. The lowest BCUT2D eigenvalue weighted by Gasteiger charge is -2.34. The summed E-state index contributed by atoms with van der Waals surface area (Å²) < 4.78 is 0. The topological polar surface area (TPSA) is 3.24 Å². The van der Waals surface area contributed by atoms with Crippen LogP contribution >= 0.6 is 0 Å². The zero-order valence-electron chi connectivity index (χ0n) is 23.6. The van der Waals surface area contributed by atoms with Crippen LogP contribution in [0.2, 0.25) is 0 Å². The summed E-state index contributed by atoms with van der Waals surface area (Å²) in [6, 6.07) is 39.2. The number of anilines is 3. The molecule has 9 rings (SSSR count). The van der Waals surface area contributed by atoms with Crippen molar-refractivity contribution in [1.82, 2.24) is 0 Å². The van der Waals surface area contributed by atoms with Crippen LogP contribution in [0.3, 0.4) is 0 Å². The first-order valence-corrected chi connectivity index (χ1v) is 15.9. The third-order valence-electron chi connectivity index (χ3n) is 11.1. The van der Waals surface area contributed by atoms with Crippen molar-refractivity contribution in [2.24, 2.45) is 17.8 Å². The second kappa shape index (κ2) is 9.95. The summed E-state index contributed by atoms with van der Waals surface area (Å²) in [5, 5.41) is 0. The van der Waals surface area contributed by atoms with Gasteiger partial charge in [-0.1, -0.05) is 92.1 Å². The fourth-order valence-corrected chi connectivity index (χ4v) is 9.50. The first-order valence-electron chi connectivity index (χ1n) is 15.9. The fraction of sp³-hybridized carbons (Fsp3) is 0.385. The summed E-state index contributed by atoms with van der Waals surface area (Å²) in [6.45, 7) is 0. The van der Waals surface area contributed by atoms with E-state index < -0.39 is 0 Å². The molecular weight excluding hydrogens is 482 g/mol. The molecule has 0 radical (unpaired) electrons. The molecule has 40 heavy (non-hydrogen) atoms. The van der Waals surface area contributed by atoms with Gasteiger partial charge in [0.15, 0.2) is 0 Å². The Hall–Kier alpha value is -3.32. The summed E-state index contributed by atoms with van der Waals surface area (Å²) in [5.74, 6) is 3.61. The molecule has 0 N–H and O–H groups in total. The van der Waals surface area contributed by atoms with Gasteiger partial charge in [-0.2, -0.15) is 0 Å². The highest BCUT2D eigenvalue weighted by molar-refractivity contribution is 5.88. The van der Waals surface area contributed by atoms with Gasteiger partial charge in [0.1, 0.15) is 0 Å². The lowest BCUT2D eigenvalue weighted by atomic mass is 9.71. The molecular formula is C39H41N. The van der Waals surface area contributed by atoms with E-state index in [0.29, 0.717) is 5.41 Å². The van der Waals surface area contributed by atoms with Crippen LogP contribution in [0, 0.1) is 17.8 Å². The van der Waals surface area contributed by atoms with Crippen molar-refractivity contribution in [2.75, 3.05) is 4.90 Å². The minimum atomic E-state index is 0.459. The maximum atomic E-state index is 2.49. The normalized spacial score (nSPS) is 27.2. The van der Waals surface area contributed by atoms with Crippen LogP contribution in [-0.2, 0) is 5.41 Å². The summed E-state index contributed by atoms with van der Waals surface area (Å²) in [6.07, 6.45) is 14.1. The molecule has 4 aromatic carbocycles. The van der Waals surface area contributed by atoms with E-state index in [9.17, 15) is 0 Å². The Morgan fingerprint density at radius 1 is 0.575 bits per heavy atom. The van der Waals surface area contributed by atoms with Gasteiger partial charge in [-0.3, -0.25) is 0 Å². The number of para-hydroxylation sites is 1. The molecule has 0 aromatic heterocycles. The second-order valence-electron chi connectivity index (χ2n) is 13.4. The van der Waals surface area contributed by atoms with Gasteiger partial charge >= 0.3 is 0 Å². The first kappa shape index (κ1) is 24.5. The Morgan fingerprint density at radius 3 is 1.90 bits per heavy atom. The molecule has 0 amide bonds. The monoisotopic (exact) mass is 523 g/mol. The SMILES string of the molecule is c1ccc(-c2ccccc2N(c2ccc(C3CCCCC3)cc2)c2ccc(C34CC5CC(CC3C5)C4)cc2)cc1. The number of hydrogen-bond acceptors (Lipinski definition) is 1. The molecule has 1 heteroatoms. The van der Waals surface area contributed by atoms with Crippen molar-refractivity contribution in [3.8, 4) is 11.1 Å². The number of benzene rings is 4. The average Bonchev–Trinajstić information content (AvgIpc) is 3.43. The van der Waals surface area contributed by atoms with Crippen molar-refractivity contribution in [1.29, 1.82) is 0 Å². The molecule has 5 aliphatic rings. The Kier molecular flexibility index (Phi) is 6.09. The smallest absolute Gasteiger partial charge is 0.0540 e.